The van der Waals surface area contributed by atoms with Gasteiger partial charge in [-0.05, 0) is 5.56 Å². The van der Waals surface area contributed by atoms with Gasteiger partial charge < -0.3 is 14.9 Å². The van der Waals surface area contributed by atoms with Gasteiger partial charge in [-0.25, -0.2) is 11.1 Å². The van der Waals surface area contributed by atoms with E-state index < -0.39 is 0 Å². The molecule has 1 atom stereocenters. The Morgan fingerprint density at radius 3 is 1.97 bits per heavy atom. The summed E-state index contributed by atoms with van der Waals surface area (Å²) in [6.45, 7) is 11.6. The second-order valence-corrected chi connectivity index (χ2v) is 6.61. The van der Waals surface area contributed by atoms with Crippen molar-refractivity contribution in [1.82, 2.24) is 0 Å². The van der Waals surface area contributed by atoms with Crippen LogP contribution >= 0.6 is 24.8 Å². The second kappa shape index (κ2) is 16.8. The summed E-state index contributed by atoms with van der Waals surface area (Å²) in [5, 5.41) is 2.69. The van der Waals surface area contributed by atoms with Crippen LogP contribution in [0.1, 0.15) is 26.3 Å². The predicted octanol–water partition coefficient (Wildman–Crippen LogP) is 8.23. The van der Waals surface area contributed by atoms with Crippen molar-refractivity contribution in [2.45, 2.75) is 27.7 Å². The predicted molar refractivity (Wildman–Crippen MR) is 138 cm³/mol. The molecule has 3 aromatic rings. The van der Waals surface area contributed by atoms with E-state index >= 15 is 0 Å². The van der Waals surface area contributed by atoms with Crippen LogP contribution in [0.5, 0.6) is 0 Å². The molecule has 0 heterocycles. The van der Waals surface area contributed by atoms with Crippen molar-refractivity contribution in [2.75, 3.05) is 0 Å². The van der Waals surface area contributed by atoms with E-state index in [1.54, 1.807) is 0 Å². The Morgan fingerprint density at radius 2 is 1.50 bits per heavy atom. The summed E-state index contributed by atoms with van der Waals surface area (Å²) >= 11 is 1.36. The number of hydrogen-bond acceptors (Lipinski definition) is 0. The molecule has 0 bridgehead atoms. The Labute approximate surface area is 213 Å². The average molecular weight is 535 g/mol. The Bertz CT molecular complexity index is 909. The molecule has 0 nitrogen and oxygen atoms in total. The van der Waals surface area contributed by atoms with Crippen molar-refractivity contribution >= 4 is 42.5 Å². The summed E-state index contributed by atoms with van der Waals surface area (Å²) in [7, 11) is 0. The molecule has 1 aliphatic carbocycles. The van der Waals surface area contributed by atoms with Crippen molar-refractivity contribution in [1.29, 1.82) is 0 Å². The molecule has 0 fully saturated rings. The Hall–Kier alpha value is -0.790. The van der Waals surface area contributed by atoms with Crippen LogP contribution in [0.15, 0.2) is 77.9 Å². The van der Waals surface area contributed by atoms with E-state index in [2.05, 4.69) is 107 Å². The maximum atomic E-state index is 3.29. The fourth-order valence-electron chi connectivity index (χ4n) is 3.25. The van der Waals surface area contributed by atoms with E-state index in [1.165, 1.54) is 61.9 Å². The zero-order valence-corrected chi connectivity index (χ0v) is 23.8. The molecule has 0 saturated carbocycles. The van der Waals surface area contributed by atoms with Crippen LogP contribution in [0.25, 0.3) is 21.9 Å². The molecule has 162 valence electrons. The third kappa shape index (κ3) is 9.15. The van der Waals surface area contributed by atoms with Crippen molar-refractivity contribution in [3.63, 3.8) is 0 Å². The number of rotatable bonds is 1. The molecule has 0 spiro atoms. The van der Waals surface area contributed by atoms with Gasteiger partial charge in [0.1, 0.15) is 0 Å². The van der Waals surface area contributed by atoms with Gasteiger partial charge in [-0.15, -0.1) is 66.3 Å². The number of benzene rings is 2. The van der Waals surface area contributed by atoms with Crippen LogP contribution in [-0.2, 0) is 23.3 Å². The number of halogens is 2. The van der Waals surface area contributed by atoms with Gasteiger partial charge in [0, 0.05) is 0 Å². The minimum atomic E-state index is 0. The molecule has 4 rings (SSSR count). The monoisotopic (exact) mass is 532 g/mol. The molecule has 0 aromatic heterocycles. The normalized spacial score (nSPS) is 13.2. The molecule has 1 aliphatic rings. The summed E-state index contributed by atoms with van der Waals surface area (Å²) in [6.07, 6.45) is 5.52. The summed E-state index contributed by atoms with van der Waals surface area (Å²) in [6, 6.07) is 21.6. The molecule has 1 unspecified atom stereocenters. The summed E-state index contributed by atoms with van der Waals surface area (Å²) in [5.41, 5.74) is 6.65. The van der Waals surface area contributed by atoms with Gasteiger partial charge in [0.25, 0.3) is 0 Å². The molecule has 2 radical (unpaired) electrons. The Morgan fingerprint density at radius 1 is 0.900 bits per heavy atom. The van der Waals surface area contributed by atoms with Crippen molar-refractivity contribution < 1.29 is 23.3 Å². The zero-order chi connectivity index (χ0) is 19.1. The molecule has 0 aliphatic heterocycles. The molecule has 0 saturated heterocycles. The first kappa shape index (κ1) is 33.8. The Kier molecular flexibility index (Phi) is 19.0. The first-order valence-corrected chi connectivity index (χ1v) is 13.0. The van der Waals surface area contributed by atoms with Gasteiger partial charge in [0.15, 0.2) is 0 Å². The average Bonchev–Trinajstić information content (AvgIpc) is 3.17. The quantitative estimate of drug-likeness (QED) is 0.218. The van der Waals surface area contributed by atoms with Crippen molar-refractivity contribution in [2.24, 2.45) is 5.92 Å². The standard InChI is InChI=1S/C16H13.C8H11.2CH3.2ClH.Si.Zr/c1-12-10-14-8-5-9-15(16(14)11-12)13-6-3-2-4-7-13;1-6-4-7(2)8(3)5-6;;;;;;/h2-11H,1H3;4,6H,1-3H3;2*1H3;2*1H;;/q4*-1;;;;. The minimum absolute atomic E-state index is 0. The van der Waals surface area contributed by atoms with E-state index in [1.807, 2.05) is 0 Å². The van der Waals surface area contributed by atoms with E-state index in [9.17, 15) is 0 Å². The van der Waals surface area contributed by atoms with Gasteiger partial charge in [-0.1, -0.05) is 68.7 Å². The third-order valence-corrected chi connectivity index (χ3v) is 4.52. The molecule has 4 heteroatoms. The van der Waals surface area contributed by atoms with Crippen LogP contribution in [0.3, 0.4) is 0 Å². The van der Waals surface area contributed by atoms with Gasteiger partial charge >= 0.3 is 30.2 Å². The number of hydrogen-bond donors (Lipinski definition) is 0. The van der Waals surface area contributed by atoms with Gasteiger partial charge in [-0.3, -0.25) is 6.08 Å². The number of fused-ring (bicyclic) bond motifs is 1. The van der Waals surface area contributed by atoms with Gasteiger partial charge in [0.05, 0.1) is 0 Å². The molecule has 0 N–H and O–H groups in total. The summed E-state index contributed by atoms with van der Waals surface area (Å²) in [4.78, 5) is 0. The fraction of sp³-hybridized carbons (Fsp3) is 0.192. The number of aryl methyl sites for hydroxylation is 1. The second-order valence-electron chi connectivity index (χ2n) is 6.61. The molecular formula is C26H32Cl2SiZr-4. The first-order chi connectivity index (χ1) is 12.5. The number of allylic oxidation sites excluding steroid dienone is 4. The van der Waals surface area contributed by atoms with Crippen LogP contribution in [-0.4, -0.2) is 6.88 Å². The topological polar surface area (TPSA) is 0 Å². The molecular weight excluding hydrogens is 503 g/mol. The SMILES string of the molecule is CC1=[C-]C(C)C=C1C.Cc1cc2c(-c3ccccc3)cccc2[cH-]1.Cl.Cl.[CH3-].[CH3-].[Si]=[Zr]. The molecule has 3 aromatic carbocycles. The van der Waals surface area contributed by atoms with Crippen LogP contribution < -0.4 is 0 Å². The first-order valence-electron chi connectivity index (χ1n) is 8.80. The van der Waals surface area contributed by atoms with Crippen molar-refractivity contribution in [3.05, 3.63) is 104 Å². The van der Waals surface area contributed by atoms with Gasteiger partial charge in [0.2, 0.25) is 0 Å². The summed E-state index contributed by atoms with van der Waals surface area (Å²) < 4.78 is 0. The van der Waals surface area contributed by atoms with Crippen LogP contribution in [0.2, 0.25) is 0 Å². The molecule has 0 amide bonds. The van der Waals surface area contributed by atoms with E-state index in [0.29, 0.717) is 5.92 Å². The van der Waals surface area contributed by atoms with Crippen LogP contribution in [0.4, 0.5) is 0 Å². The zero-order valence-electron chi connectivity index (χ0n) is 18.7. The van der Waals surface area contributed by atoms with Crippen LogP contribution in [0, 0.1) is 33.8 Å². The van der Waals surface area contributed by atoms with Crippen molar-refractivity contribution in [3.8, 4) is 11.1 Å². The Balaban J connectivity index is -0.000000455. The third-order valence-electron chi connectivity index (χ3n) is 4.52. The van der Waals surface area contributed by atoms with E-state index in [-0.39, 0.29) is 39.7 Å². The molecule has 30 heavy (non-hydrogen) atoms. The summed E-state index contributed by atoms with van der Waals surface area (Å²) in [5.74, 6) is 0.551. The fourth-order valence-corrected chi connectivity index (χ4v) is 3.25. The maximum absolute atomic E-state index is 3.29. The van der Waals surface area contributed by atoms with Gasteiger partial charge in [-0.2, -0.15) is 12.1 Å². The van der Waals surface area contributed by atoms with E-state index in [4.69, 9.17) is 0 Å². The van der Waals surface area contributed by atoms with E-state index in [0.717, 1.165) is 0 Å².